The number of nitrogens with zero attached hydrogens (tertiary/aromatic N) is 1. The number of hydrogen-bond donors (Lipinski definition) is 1. The van der Waals surface area contributed by atoms with Crippen LogP contribution in [0.1, 0.15) is 5.56 Å². The van der Waals surface area contributed by atoms with Crippen molar-refractivity contribution in [2.24, 2.45) is 0 Å². The summed E-state index contributed by atoms with van der Waals surface area (Å²) in [4.78, 5) is 12.2. The first-order chi connectivity index (χ1) is 12.1. The highest BCUT2D eigenvalue weighted by Crippen LogP contribution is 2.31. The summed E-state index contributed by atoms with van der Waals surface area (Å²) in [6.07, 6.45) is 0.922. The number of carbonyl (C=O) groups is 1. The Morgan fingerprint density at radius 1 is 1.19 bits per heavy atom. The molecule has 0 unspecified atom stereocenters. The van der Waals surface area contributed by atoms with E-state index in [1.54, 1.807) is 19.1 Å². The topological polar surface area (TPSA) is 75.7 Å². The lowest BCUT2D eigenvalue weighted by Crippen LogP contribution is -2.38. The summed E-state index contributed by atoms with van der Waals surface area (Å²) in [5, 5.41) is 2.07. The number of halogens is 2. The van der Waals surface area contributed by atoms with Gasteiger partial charge in [-0.15, -0.1) is 0 Å². The summed E-state index contributed by atoms with van der Waals surface area (Å²) >= 11 is 0. The Morgan fingerprint density at radius 3 is 2.35 bits per heavy atom. The number of sulfonamides is 1. The maximum atomic E-state index is 13.7. The molecule has 0 radical (unpaired) electrons. The van der Waals surface area contributed by atoms with Gasteiger partial charge in [0.15, 0.2) is 0 Å². The third kappa shape index (κ3) is 4.48. The summed E-state index contributed by atoms with van der Waals surface area (Å²) in [5.41, 5.74) is 0.260. The van der Waals surface area contributed by atoms with Crippen LogP contribution in [0.15, 0.2) is 36.4 Å². The minimum absolute atomic E-state index is 0.152. The lowest BCUT2D eigenvalue weighted by Gasteiger charge is -2.24. The second-order valence-electron chi connectivity index (χ2n) is 5.59. The highest BCUT2D eigenvalue weighted by Gasteiger charge is 2.25. The first kappa shape index (κ1) is 19.6. The van der Waals surface area contributed by atoms with Crippen molar-refractivity contribution in [2.45, 2.75) is 6.92 Å². The molecule has 0 heterocycles. The minimum Gasteiger partial charge on any atom is -0.495 e. The summed E-state index contributed by atoms with van der Waals surface area (Å²) in [5.74, 6) is -2.58. The van der Waals surface area contributed by atoms with Gasteiger partial charge in [-0.05, 0) is 36.8 Å². The number of hydrogen-bond acceptors (Lipinski definition) is 4. The first-order valence-corrected chi connectivity index (χ1v) is 9.34. The number of aryl methyl sites for hydroxylation is 1. The van der Waals surface area contributed by atoms with Crippen molar-refractivity contribution in [1.82, 2.24) is 0 Å². The lowest BCUT2D eigenvalue weighted by atomic mass is 10.2. The molecule has 0 saturated carbocycles. The van der Waals surface area contributed by atoms with E-state index in [9.17, 15) is 22.0 Å². The molecule has 26 heavy (non-hydrogen) atoms. The number of anilines is 2. The standard InChI is InChI=1S/C17H18F2N2O4S/c1-11-7-8-15(25-2)14(9-11)21(26(3,23)24)10-16(22)20-17-12(18)5-4-6-13(17)19/h4-9H,10H2,1-3H3,(H,20,22). The number of carbonyl (C=O) groups excluding carboxylic acids is 1. The van der Waals surface area contributed by atoms with Gasteiger partial charge in [0.2, 0.25) is 15.9 Å². The number of rotatable bonds is 6. The van der Waals surface area contributed by atoms with Gasteiger partial charge < -0.3 is 10.1 Å². The third-order valence-electron chi connectivity index (χ3n) is 3.52. The molecule has 9 heteroatoms. The molecule has 2 aromatic rings. The van der Waals surface area contributed by atoms with Crippen LogP contribution >= 0.6 is 0 Å². The predicted molar refractivity (Wildman–Crippen MR) is 94.9 cm³/mol. The van der Waals surface area contributed by atoms with Crippen molar-refractivity contribution in [1.29, 1.82) is 0 Å². The zero-order valence-corrected chi connectivity index (χ0v) is 15.2. The van der Waals surface area contributed by atoms with Crippen LogP contribution < -0.4 is 14.4 Å². The Balaban J connectivity index is 2.36. The lowest BCUT2D eigenvalue weighted by molar-refractivity contribution is -0.114. The van der Waals surface area contributed by atoms with Crippen LogP contribution in [-0.2, 0) is 14.8 Å². The molecule has 2 aromatic carbocycles. The smallest absolute Gasteiger partial charge is 0.245 e. The van der Waals surface area contributed by atoms with E-state index in [0.717, 1.165) is 34.3 Å². The number of ether oxygens (including phenoxy) is 1. The Hall–Kier alpha value is -2.68. The monoisotopic (exact) mass is 384 g/mol. The van der Waals surface area contributed by atoms with Gasteiger partial charge in [0.1, 0.15) is 29.6 Å². The fraction of sp³-hybridized carbons (Fsp3) is 0.235. The number of amides is 1. The SMILES string of the molecule is COc1ccc(C)cc1N(CC(=O)Nc1c(F)cccc1F)S(C)(=O)=O. The van der Waals surface area contributed by atoms with E-state index in [2.05, 4.69) is 5.32 Å². The van der Waals surface area contributed by atoms with Gasteiger partial charge in [0.25, 0.3) is 0 Å². The fourth-order valence-corrected chi connectivity index (χ4v) is 3.15. The third-order valence-corrected chi connectivity index (χ3v) is 4.64. The van der Waals surface area contributed by atoms with E-state index < -0.39 is 39.8 Å². The van der Waals surface area contributed by atoms with E-state index in [1.165, 1.54) is 13.2 Å². The number of nitrogens with one attached hydrogen (secondary N) is 1. The highest BCUT2D eigenvalue weighted by molar-refractivity contribution is 7.92. The van der Waals surface area contributed by atoms with Gasteiger partial charge in [-0.1, -0.05) is 12.1 Å². The van der Waals surface area contributed by atoms with Gasteiger partial charge in [-0.3, -0.25) is 9.10 Å². The Kier molecular flexibility index (Phi) is 5.81. The van der Waals surface area contributed by atoms with Gasteiger partial charge in [0.05, 0.1) is 19.1 Å². The Bertz CT molecular complexity index is 912. The molecule has 0 atom stereocenters. The second-order valence-corrected chi connectivity index (χ2v) is 7.50. The Labute approximate surface area is 150 Å². The molecule has 0 aliphatic heterocycles. The van der Waals surface area contributed by atoms with Crippen LogP contribution in [-0.4, -0.2) is 34.2 Å². The molecule has 6 nitrogen and oxygen atoms in total. The summed E-state index contributed by atoms with van der Waals surface area (Å²) in [6.45, 7) is 1.07. The van der Waals surface area contributed by atoms with Gasteiger partial charge in [0, 0.05) is 0 Å². The van der Waals surface area contributed by atoms with Crippen LogP contribution in [0.25, 0.3) is 0 Å². The molecule has 1 amide bonds. The zero-order valence-electron chi connectivity index (χ0n) is 14.4. The van der Waals surface area contributed by atoms with Gasteiger partial charge in [-0.25, -0.2) is 17.2 Å². The van der Waals surface area contributed by atoms with Gasteiger partial charge >= 0.3 is 0 Å². The van der Waals surface area contributed by atoms with Crippen LogP contribution in [0.5, 0.6) is 5.75 Å². The molecular weight excluding hydrogens is 366 g/mol. The predicted octanol–water partition coefficient (Wildman–Crippen LogP) is 2.69. The average Bonchev–Trinajstić information content (AvgIpc) is 2.55. The van der Waals surface area contributed by atoms with E-state index in [-0.39, 0.29) is 11.4 Å². The molecular formula is C17H18F2N2O4S. The minimum atomic E-state index is -3.87. The molecule has 0 aliphatic carbocycles. The molecule has 0 bridgehead atoms. The normalized spacial score (nSPS) is 11.1. The molecule has 0 spiro atoms. The van der Waals surface area contributed by atoms with Crippen molar-refractivity contribution < 1.29 is 26.7 Å². The van der Waals surface area contributed by atoms with Crippen LogP contribution in [0.3, 0.4) is 0 Å². The molecule has 140 valence electrons. The quantitative estimate of drug-likeness (QED) is 0.831. The van der Waals surface area contributed by atoms with E-state index in [4.69, 9.17) is 4.74 Å². The molecule has 0 aliphatic rings. The van der Waals surface area contributed by atoms with E-state index in [0.29, 0.717) is 0 Å². The number of methoxy groups -OCH3 is 1. The van der Waals surface area contributed by atoms with Crippen LogP contribution in [0, 0.1) is 18.6 Å². The van der Waals surface area contributed by atoms with Crippen molar-refractivity contribution in [3.8, 4) is 5.75 Å². The average molecular weight is 384 g/mol. The summed E-state index contributed by atoms with van der Waals surface area (Å²) in [7, 11) is -2.51. The maximum Gasteiger partial charge on any atom is 0.245 e. The number of para-hydroxylation sites is 1. The van der Waals surface area contributed by atoms with Crippen molar-refractivity contribution in [3.63, 3.8) is 0 Å². The van der Waals surface area contributed by atoms with Crippen molar-refractivity contribution in [3.05, 3.63) is 53.6 Å². The molecule has 1 N–H and O–H groups in total. The molecule has 2 rings (SSSR count). The first-order valence-electron chi connectivity index (χ1n) is 7.49. The Morgan fingerprint density at radius 2 is 1.81 bits per heavy atom. The zero-order chi connectivity index (χ0) is 19.5. The van der Waals surface area contributed by atoms with Crippen molar-refractivity contribution in [2.75, 3.05) is 29.5 Å². The largest absolute Gasteiger partial charge is 0.495 e. The van der Waals surface area contributed by atoms with E-state index >= 15 is 0 Å². The van der Waals surface area contributed by atoms with Gasteiger partial charge in [-0.2, -0.15) is 0 Å². The fourth-order valence-electron chi connectivity index (χ4n) is 2.30. The second kappa shape index (κ2) is 7.69. The molecule has 0 fully saturated rings. The highest BCUT2D eigenvalue weighted by atomic mass is 32.2. The number of benzene rings is 2. The maximum absolute atomic E-state index is 13.7. The molecule has 0 saturated heterocycles. The summed E-state index contributed by atoms with van der Waals surface area (Å²) in [6, 6.07) is 7.94. The van der Waals surface area contributed by atoms with E-state index in [1.807, 2.05) is 0 Å². The summed E-state index contributed by atoms with van der Waals surface area (Å²) < 4.78 is 57.7. The van der Waals surface area contributed by atoms with Crippen LogP contribution in [0.4, 0.5) is 20.2 Å². The van der Waals surface area contributed by atoms with Crippen molar-refractivity contribution >= 4 is 27.3 Å². The molecule has 0 aromatic heterocycles. The van der Waals surface area contributed by atoms with Crippen LogP contribution in [0.2, 0.25) is 0 Å².